The number of piperazine rings is 1. The third-order valence-corrected chi connectivity index (χ3v) is 6.37. The minimum atomic E-state index is -0.0794. The Balaban J connectivity index is 1.15. The number of benzene rings is 3. The summed E-state index contributed by atoms with van der Waals surface area (Å²) in [4.78, 5) is 21.8. The lowest BCUT2D eigenvalue weighted by molar-refractivity contribution is 0.0407. The summed E-state index contributed by atoms with van der Waals surface area (Å²) in [5.74, 6) is 0.00914. The topological polar surface area (TPSA) is 45.7 Å². The molecule has 1 amide bonds. The second-order valence-electron chi connectivity index (χ2n) is 8.60. The van der Waals surface area contributed by atoms with Crippen molar-refractivity contribution in [3.63, 3.8) is 0 Å². The van der Waals surface area contributed by atoms with Crippen molar-refractivity contribution in [3.05, 3.63) is 114 Å². The van der Waals surface area contributed by atoms with Crippen molar-refractivity contribution in [3.8, 4) is 0 Å². The molecule has 1 aliphatic rings. The summed E-state index contributed by atoms with van der Waals surface area (Å²) in [7, 11) is 0. The Hall–Kier alpha value is -3.54. The highest BCUT2D eigenvalue weighted by molar-refractivity contribution is 5.95. The van der Waals surface area contributed by atoms with E-state index in [0.29, 0.717) is 25.4 Å². The monoisotopic (exact) mass is 451 g/mol. The molecule has 1 aliphatic heterocycles. The van der Waals surface area contributed by atoms with Gasteiger partial charge >= 0.3 is 0 Å². The molecule has 0 N–H and O–H groups in total. The zero-order valence-electron chi connectivity index (χ0n) is 19.2. The van der Waals surface area contributed by atoms with E-state index in [1.54, 1.807) is 0 Å². The minimum Gasteiger partial charge on any atom is -0.367 e. The number of para-hydroxylation sites is 1. The summed E-state index contributed by atoms with van der Waals surface area (Å²) in [6.07, 6.45) is -0.0794. The Morgan fingerprint density at radius 1 is 0.765 bits per heavy atom. The molecule has 2 heterocycles. The van der Waals surface area contributed by atoms with Gasteiger partial charge in [0.25, 0.3) is 5.91 Å². The van der Waals surface area contributed by atoms with Crippen molar-refractivity contribution in [2.24, 2.45) is 0 Å². The van der Waals surface area contributed by atoms with E-state index in [1.165, 1.54) is 0 Å². The number of fused-ring (bicyclic) bond motifs is 1. The number of ether oxygens (including phenoxy) is 1. The van der Waals surface area contributed by atoms with Crippen LogP contribution in [0.15, 0.2) is 97.1 Å². The second kappa shape index (κ2) is 10.6. The molecule has 172 valence electrons. The number of hydrogen-bond acceptors (Lipinski definition) is 4. The van der Waals surface area contributed by atoms with Gasteiger partial charge in [-0.2, -0.15) is 0 Å². The van der Waals surface area contributed by atoms with E-state index >= 15 is 0 Å². The Morgan fingerprint density at radius 3 is 2.06 bits per heavy atom. The van der Waals surface area contributed by atoms with Crippen LogP contribution in [-0.2, 0) is 4.74 Å². The molecule has 5 rings (SSSR count). The maximum atomic E-state index is 13.0. The van der Waals surface area contributed by atoms with E-state index < -0.39 is 0 Å². The Kier molecular flexibility index (Phi) is 6.94. The third-order valence-electron chi connectivity index (χ3n) is 6.37. The maximum Gasteiger partial charge on any atom is 0.272 e. The molecule has 0 aliphatic carbocycles. The summed E-state index contributed by atoms with van der Waals surface area (Å²) in [5, 5.41) is 1.05. The number of carbonyl (C=O) groups excluding carboxylic acids is 1. The van der Waals surface area contributed by atoms with Crippen LogP contribution in [0, 0.1) is 0 Å². The number of nitrogens with zero attached hydrogens (tertiary/aromatic N) is 3. The number of rotatable bonds is 7. The molecule has 5 heteroatoms. The average molecular weight is 452 g/mol. The molecule has 0 unspecified atom stereocenters. The molecule has 0 radical (unpaired) electrons. The summed E-state index contributed by atoms with van der Waals surface area (Å²) >= 11 is 0. The fourth-order valence-corrected chi connectivity index (χ4v) is 4.46. The molecule has 4 aromatic rings. The van der Waals surface area contributed by atoms with Gasteiger partial charge in [-0.25, -0.2) is 4.98 Å². The Labute approximate surface area is 200 Å². The van der Waals surface area contributed by atoms with Crippen LogP contribution in [0.2, 0.25) is 0 Å². The standard InChI is InChI=1S/C29H29N3O2/c33-29(27-16-15-23-9-7-8-14-26(23)30-27)32-19-17-31(18-20-32)21-22-34-28(24-10-3-1-4-11-24)25-12-5-2-6-13-25/h1-16,28H,17-22H2. The summed E-state index contributed by atoms with van der Waals surface area (Å²) in [5.41, 5.74) is 3.69. The van der Waals surface area contributed by atoms with Gasteiger partial charge in [-0.3, -0.25) is 9.69 Å². The molecule has 0 atom stereocenters. The van der Waals surface area contributed by atoms with Crippen molar-refractivity contribution in [1.82, 2.24) is 14.8 Å². The van der Waals surface area contributed by atoms with Crippen LogP contribution >= 0.6 is 0 Å². The van der Waals surface area contributed by atoms with Gasteiger partial charge in [0, 0.05) is 38.1 Å². The number of amides is 1. The third kappa shape index (κ3) is 5.16. The van der Waals surface area contributed by atoms with Crippen molar-refractivity contribution in [1.29, 1.82) is 0 Å². The minimum absolute atomic E-state index is 0.00914. The molecule has 1 fully saturated rings. The molecule has 1 aromatic heterocycles. The first-order valence-corrected chi connectivity index (χ1v) is 11.9. The van der Waals surface area contributed by atoms with Crippen molar-refractivity contribution in [2.75, 3.05) is 39.3 Å². The molecule has 34 heavy (non-hydrogen) atoms. The molecule has 1 saturated heterocycles. The SMILES string of the molecule is O=C(c1ccc2ccccc2n1)N1CCN(CCOC(c2ccccc2)c2ccccc2)CC1. The average Bonchev–Trinajstić information content (AvgIpc) is 2.92. The lowest BCUT2D eigenvalue weighted by Gasteiger charge is -2.34. The van der Waals surface area contributed by atoms with Gasteiger partial charge < -0.3 is 9.64 Å². The van der Waals surface area contributed by atoms with Gasteiger partial charge in [-0.1, -0.05) is 84.9 Å². The van der Waals surface area contributed by atoms with Crippen LogP contribution in [0.4, 0.5) is 0 Å². The maximum absolute atomic E-state index is 13.0. The fourth-order valence-electron chi connectivity index (χ4n) is 4.46. The zero-order chi connectivity index (χ0) is 23.2. The van der Waals surface area contributed by atoms with Gasteiger partial charge in [0.05, 0.1) is 12.1 Å². The van der Waals surface area contributed by atoms with E-state index in [9.17, 15) is 4.79 Å². The Bertz CT molecular complexity index is 1180. The number of hydrogen-bond donors (Lipinski definition) is 0. The van der Waals surface area contributed by atoms with Crippen LogP contribution in [-0.4, -0.2) is 60.0 Å². The zero-order valence-corrected chi connectivity index (χ0v) is 19.2. The quantitative estimate of drug-likeness (QED) is 0.405. The molecule has 0 spiro atoms. The smallest absolute Gasteiger partial charge is 0.272 e. The van der Waals surface area contributed by atoms with Gasteiger partial charge in [-0.05, 0) is 23.3 Å². The van der Waals surface area contributed by atoms with Gasteiger partial charge in [0.15, 0.2) is 0 Å². The van der Waals surface area contributed by atoms with Crippen molar-refractivity contribution >= 4 is 16.8 Å². The first-order valence-electron chi connectivity index (χ1n) is 11.9. The highest BCUT2D eigenvalue weighted by Gasteiger charge is 2.23. The van der Waals surface area contributed by atoms with Crippen LogP contribution in [0.25, 0.3) is 10.9 Å². The van der Waals surface area contributed by atoms with E-state index in [-0.39, 0.29) is 12.0 Å². The molecular weight excluding hydrogens is 422 g/mol. The number of carbonyl (C=O) groups is 1. The number of pyridine rings is 1. The molecule has 0 bridgehead atoms. The molecule has 3 aromatic carbocycles. The normalized spacial score (nSPS) is 14.6. The predicted molar refractivity (Wildman–Crippen MR) is 135 cm³/mol. The van der Waals surface area contributed by atoms with E-state index in [2.05, 4.69) is 58.4 Å². The predicted octanol–water partition coefficient (Wildman–Crippen LogP) is 4.80. The van der Waals surface area contributed by atoms with Crippen molar-refractivity contribution in [2.45, 2.75) is 6.10 Å². The fraction of sp³-hybridized carbons (Fsp3) is 0.241. The molecule has 0 saturated carbocycles. The first-order chi connectivity index (χ1) is 16.8. The van der Waals surface area contributed by atoms with Crippen molar-refractivity contribution < 1.29 is 9.53 Å². The summed E-state index contributed by atoms with van der Waals surface area (Å²) in [6.45, 7) is 4.55. The van der Waals surface area contributed by atoms with E-state index in [0.717, 1.165) is 41.7 Å². The second-order valence-corrected chi connectivity index (χ2v) is 8.60. The van der Waals surface area contributed by atoms with Gasteiger partial charge in [0.2, 0.25) is 0 Å². The highest BCUT2D eigenvalue weighted by atomic mass is 16.5. The van der Waals surface area contributed by atoms with Crippen LogP contribution < -0.4 is 0 Å². The summed E-state index contributed by atoms with van der Waals surface area (Å²) < 4.78 is 6.37. The lowest BCUT2D eigenvalue weighted by atomic mass is 10.0. The van der Waals surface area contributed by atoms with Crippen LogP contribution in [0.3, 0.4) is 0 Å². The Morgan fingerprint density at radius 2 is 1.38 bits per heavy atom. The van der Waals surface area contributed by atoms with E-state index in [4.69, 9.17) is 4.74 Å². The van der Waals surface area contributed by atoms with Gasteiger partial charge in [0.1, 0.15) is 11.8 Å². The largest absolute Gasteiger partial charge is 0.367 e. The van der Waals surface area contributed by atoms with Crippen LogP contribution in [0.1, 0.15) is 27.7 Å². The van der Waals surface area contributed by atoms with Gasteiger partial charge in [-0.15, -0.1) is 0 Å². The lowest BCUT2D eigenvalue weighted by Crippen LogP contribution is -2.49. The van der Waals surface area contributed by atoms with Crippen LogP contribution in [0.5, 0.6) is 0 Å². The molecular formula is C29H29N3O2. The number of aromatic nitrogens is 1. The van der Waals surface area contributed by atoms with E-state index in [1.807, 2.05) is 53.4 Å². The highest BCUT2D eigenvalue weighted by Crippen LogP contribution is 2.25. The molecule has 5 nitrogen and oxygen atoms in total. The summed E-state index contributed by atoms with van der Waals surface area (Å²) in [6, 6.07) is 32.4. The first kappa shape index (κ1) is 22.3.